The molecule has 3 aromatic rings. The van der Waals surface area contributed by atoms with Crippen molar-refractivity contribution in [1.29, 1.82) is 5.26 Å². The highest BCUT2D eigenvalue weighted by atomic mass is 79.9. The van der Waals surface area contributed by atoms with Crippen LogP contribution in [-0.4, -0.2) is 4.98 Å². The van der Waals surface area contributed by atoms with Gasteiger partial charge < -0.3 is 5.32 Å². The summed E-state index contributed by atoms with van der Waals surface area (Å²) in [6, 6.07) is 14.0. The molecule has 0 atom stereocenters. The Morgan fingerprint density at radius 1 is 1.18 bits per heavy atom. The van der Waals surface area contributed by atoms with Crippen molar-refractivity contribution in [2.75, 3.05) is 5.32 Å². The summed E-state index contributed by atoms with van der Waals surface area (Å²) in [4.78, 5) is 4.45. The van der Waals surface area contributed by atoms with Crippen LogP contribution < -0.4 is 5.32 Å². The van der Waals surface area contributed by atoms with Gasteiger partial charge >= 0.3 is 0 Å². The summed E-state index contributed by atoms with van der Waals surface area (Å²) >= 11 is 4.79. The van der Waals surface area contributed by atoms with E-state index in [9.17, 15) is 4.39 Å². The first-order valence-corrected chi connectivity index (χ1v) is 8.01. The van der Waals surface area contributed by atoms with Crippen molar-refractivity contribution < 1.29 is 4.39 Å². The molecule has 0 fully saturated rings. The second-order valence-electron chi connectivity index (χ2n) is 4.48. The largest absolute Gasteiger partial charge is 0.329 e. The van der Waals surface area contributed by atoms with Gasteiger partial charge in [0.25, 0.3) is 0 Å². The van der Waals surface area contributed by atoms with Gasteiger partial charge in [0.05, 0.1) is 23.0 Å². The van der Waals surface area contributed by atoms with Crippen LogP contribution in [0, 0.1) is 17.1 Å². The second-order valence-corrected chi connectivity index (χ2v) is 6.25. The minimum absolute atomic E-state index is 0.290. The fourth-order valence-electron chi connectivity index (χ4n) is 1.89. The van der Waals surface area contributed by atoms with E-state index in [-0.39, 0.29) is 5.56 Å². The van der Waals surface area contributed by atoms with Gasteiger partial charge in [-0.15, -0.1) is 11.3 Å². The normalized spacial score (nSPS) is 10.2. The average molecular weight is 374 g/mol. The van der Waals surface area contributed by atoms with Crippen LogP contribution in [0.25, 0.3) is 11.3 Å². The molecular formula is C16H9BrFN3S. The molecule has 2 aromatic carbocycles. The lowest BCUT2D eigenvalue weighted by molar-refractivity contribution is 0.631. The topological polar surface area (TPSA) is 48.7 Å². The summed E-state index contributed by atoms with van der Waals surface area (Å²) in [6.07, 6.45) is 0. The molecule has 0 unspecified atom stereocenters. The number of nitrogens with one attached hydrogen (secondary N) is 1. The van der Waals surface area contributed by atoms with Crippen LogP contribution in [-0.2, 0) is 0 Å². The van der Waals surface area contributed by atoms with Crippen molar-refractivity contribution >= 4 is 38.1 Å². The zero-order valence-electron chi connectivity index (χ0n) is 11.2. The van der Waals surface area contributed by atoms with Gasteiger partial charge in [0.2, 0.25) is 0 Å². The van der Waals surface area contributed by atoms with Crippen molar-refractivity contribution in [3.8, 4) is 17.3 Å². The van der Waals surface area contributed by atoms with E-state index in [0.29, 0.717) is 10.8 Å². The third-order valence-corrected chi connectivity index (χ3v) is 4.27. The second kappa shape index (κ2) is 6.26. The Balaban J connectivity index is 1.83. The fourth-order valence-corrected chi connectivity index (χ4v) is 2.88. The number of anilines is 2. The van der Waals surface area contributed by atoms with Crippen molar-refractivity contribution in [1.82, 2.24) is 4.98 Å². The molecule has 6 heteroatoms. The Morgan fingerprint density at radius 3 is 2.64 bits per heavy atom. The smallest absolute Gasteiger partial charge is 0.187 e. The number of nitrogens with zero attached hydrogens (tertiary/aromatic N) is 2. The number of hydrogen-bond acceptors (Lipinski definition) is 4. The Morgan fingerprint density at radius 2 is 1.95 bits per heavy atom. The highest BCUT2D eigenvalue weighted by Gasteiger charge is 2.08. The zero-order valence-corrected chi connectivity index (χ0v) is 13.6. The van der Waals surface area contributed by atoms with E-state index in [1.807, 2.05) is 35.7 Å². The van der Waals surface area contributed by atoms with E-state index >= 15 is 0 Å². The van der Waals surface area contributed by atoms with Gasteiger partial charge in [0, 0.05) is 15.4 Å². The summed E-state index contributed by atoms with van der Waals surface area (Å²) in [5, 5.41) is 14.2. The minimum Gasteiger partial charge on any atom is -0.329 e. The Bertz CT molecular complexity index is 853. The van der Waals surface area contributed by atoms with Crippen molar-refractivity contribution in [3.05, 3.63) is 63.7 Å². The number of thiazole rings is 1. The van der Waals surface area contributed by atoms with Crippen LogP contribution in [0.15, 0.2) is 52.3 Å². The Labute approximate surface area is 139 Å². The molecule has 0 aliphatic carbocycles. The monoisotopic (exact) mass is 373 g/mol. The minimum atomic E-state index is -0.473. The molecule has 3 rings (SSSR count). The molecule has 0 saturated carbocycles. The standard InChI is InChI=1S/C16H9BrFN3S/c17-12-4-2-11(3-5-12)15-9-22-16(21-15)20-14-6-1-10(8-19)7-13(14)18/h1-7,9H,(H,20,21). The molecule has 1 aromatic heterocycles. The first-order chi connectivity index (χ1) is 10.7. The number of halogens is 2. The summed E-state index contributed by atoms with van der Waals surface area (Å²) in [5.41, 5.74) is 2.41. The van der Waals surface area contributed by atoms with Crippen LogP contribution in [0.3, 0.4) is 0 Å². The van der Waals surface area contributed by atoms with E-state index in [1.54, 1.807) is 6.07 Å². The quantitative estimate of drug-likeness (QED) is 0.674. The van der Waals surface area contributed by atoms with E-state index in [4.69, 9.17) is 5.26 Å². The SMILES string of the molecule is N#Cc1ccc(Nc2nc(-c3ccc(Br)cc3)cs2)c(F)c1. The molecule has 0 saturated heterocycles. The summed E-state index contributed by atoms with van der Waals surface area (Å²) in [6.45, 7) is 0. The molecule has 108 valence electrons. The van der Waals surface area contributed by atoms with Gasteiger partial charge in [-0.25, -0.2) is 9.37 Å². The third-order valence-electron chi connectivity index (χ3n) is 2.98. The van der Waals surface area contributed by atoms with E-state index < -0.39 is 5.82 Å². The first-order valence-electron chi connectivity index (χ1n) is 6.34. The van der Waals surface area contributed by atoms with Gasteiger partial charge in [0.1, 0.15) is 5.82 Å². The van der Waals surface area contributed by atoms with Crippen molar-refractivity contribution in [2.45, 2.75) is 0 Å². The lowest BCUT2D eigenvalue weighted by atomic mass is 10.2. The molecule has 0 spiro atoms. The molecule has 0 aliphatic rings. The lowest BCUT2D eigenvalue weighted by Crippen LogP contribution is -1.94. The third kappa shape index (κ3) is 3.16. The van der Waals surface area contributed by atoms with Crippen molar-refractivity contribution in [3.63, 3.8) is 0 Å². The zero-order chi connectivity index (χ0) is 15.5. The van der Waals surface area contributed by atoms with Gasteiger partial charge in [-0.1, -0.05) is 28.1 Å². The predicted octanol–water partition coefficient (Wildman–Crippen LogP) is 5.33. The van der Waals surface area contributed by atoms with Gasteiger partial charge in [-0.2, -0.15) is 5.26 Å². The average Bonchev–Trinajstić information content (AvgIpc) is 2.98. The fraction of sp³-hybridized carbons (Fsp3) is 0. The van der Waals surface area contributed by atoms with Crippen LogP contribution >= 0.6 is 27.3 Å². The van der Waals surface area contributed by atoms with E-state index in [2.05, 4.69) is 26.2 Å². The lowest BCUT2D eigenvalue weighted by Gasteiger charge is -2.04. The summed E-state index contributed by atoms with van der Waals surface area (Å²) in [5.74, 6) is -0.473. The number of benzene rings is 2. The van der Waals surface area contributed by atoms with Gasteiger partial charge in [-0.3, -0.25) is 0 Å². The number of rotatable bonds is 3. The molecule has 1 N–H and O–H groups in total. The van der Waals surface area contributed by atoms with Crippen LogP contribution in [0.4, 0.5) is 15.2 Å². The highest BCUT2D eigenvalue weighted by molar-refractivity contribution is 9.10. The van der Waals surface area contributed by atoms with Crippen LogP contribution in [0.5, 0.6) is 0 Å². The maximum Gasteiger partial charge on any atom is 0.187 e. The molecule has 0 amide bonds. The summed E-state index contributed by atoms with van der Waals surface area (Å²) in [7, 11) is 0. The van der Waals surface area contributed by atoms with E-state index in [1.165, 1.54) is 23.5 Å². The van der Waals surface area contributed by atoms with Gasteiger partial charge in [-0.05, 0) is 30.3 Å². The maximum absolute atomic E-state index is 13.9. The Hall–Kier alpha value is -2.23. The Kier molecular flexibility index (Phi) is 4.18. The molecule has 0 bridgehead atoms. The predicted molar refractivity (Wildman–Crippen MR) is 89.6 cm³/mol. The summed E-state index contributed by atoms with van der Waals surface area (Å²) < 4.78 is 14.9. The number of nitriles is 1. The van der Waals surface area contributed by atoms with Crippen LogP contribution in [0.2, 0.25) is 0 Å². The van der Waals surface area contributed by atoms with Crippen molar-refractivity contribution in [2.24, 2.45) is 0 Å². The number of hydrogen-bond donors (Lipinski definition) is 1. The first kappa shape index (κ1) is 14.7. The highest BCUT2D eigenvalue weighted by Crippen LogP contribution is 2.29. The molecule has 22 heavy (non-hydrogen) atoms. The molecule has 3 nitrogen and oxygen atoms in total. The maximum atomic E-state index is 13.9. The number of aromatic nitrogens is 1. The molecule has 1 heterocycles. The van der Waals surface area contributed by atoms with Gasteiger partial charge in [0.15, 0.2) is 5.13 Å². The van der Waals surface area contributed by atoms with E-state index in [0.717, 1.165) is 15.7 Å². The molecule has 0 aliphatic heterocycles. The molecular weight excluding hydrogens is 365 g/mol. The molecule has 0 radical (unpaired) electrons. The van der Waals surface area contributed by atoms with Crippen LogP contribution in [0.1, 0.15) is 5.56 Å².